The summed E-state index contributed by atoms with van der Waals surface area (Å²) in [6.07, 6.45) is 1.86. The molecule has 0 aromatic carbocycles. The van der Waals surface area contributed by atoms with Gasteiger partial charge in [0.2, 0.25) is 5.91 Å². The smallest absolute Gasteiger partial charge is 0.407 e. The number of alkyl carbamates (subject to hydrolysis) is 1. The average Bonchev–Trinajstić information content (AvgIpc) is 2.94. The summed E-state index contributed by atoms with van der Waals surface area (Å²) in [7, 11) is 1.32. The van der Waals surface area contributed by atoms with Crippen LogP contribution in [0.1, 0.15) is 60.8 Å². The standard InChI is InChI=1S/C20H37N3O5/c1-8-9-15(13(2)21-14(3)24)11-23-12-16(22-19(26)27-7)10-17(23)18(25)28-20(4,5)6/h13,15-17H,8-12H2,1-7H3,(H,21,24)(H,22,26)/t13?,15?,16-,17-/m1/s1. The molecule has 1 aliphatic rings. The predicted octanol–water partition coefficient (Wildman–Crippen LogP) is 2.07. The molecule has 4 atom stereocenters. The van der Waals surface area contributed by atoms with E-state index in [-0.39, 0.29) is 29.9 Å². The van der Waals surface area contributed by atoms with Crippen molar-refractivity contribution in [2.45, 2.75) is 84.5 Å². The van der Waals surface area contributed by atoms with E-state index in [1.165, 1.54) is 14.0 Å². The Morgan fingerprint density at radius 3 is 2.39 bits per heavy atom. The molecule has 0 radical (unpaired) electrons. The van der Waals surface area contributed by atoms with Crippen LogP contribution in [-0.4, -0.2) is 66.8 Å². The van der Waals surface area contributed by atoms with E-state index < -0.39 is 17.7 Å². The Hall–Kier alpha value is -1.83. The highest BCUT2D eigenvalue weighted by Crippen LogP contribution is 2.25. The topological polar surface area (TPSA) is 97.0 Å². The molecule has 1 rings (SSSR count). The van der Waals surface area contributed by atoms with Crippen molar-refractivity contribution < 1.29 is 23.9 Å². The molecule has 1 aliphatic heterocycles. The number of carbonyl (C=O) groups is 3. The summed E-state index contributed by atoms with van der Waals surface area (Å²) in [5.74, 6) is -0.163. The third kappa shape index (κ3) is 8.04. The second kappa shape index (κ2) is 10.6. The van der Waals surface area contributed by atoms with Gasteiger partial charge >= 0.3 is 12.1 Å². The van der Waals surface area contributed by atoms with Crippen molar-refractivity contribution in [2.24, 2.45) is 5.92 Å². The highest BCUT2D eigenvalue weighted by molar-refractivity contribution is 5.77. The van der Waals surface area contributed by atoms with Crippen molar-refractivity contribution in [1.29, 1.82) is 0 Å². The fraction of sp³-hybridized carbons (Fsp3) is 0.850. The Kier molecular flexibility index (Phi) is 9.20. The Balaban J connectivity index is 2.94. The lowest BCUT2D eigenvalue weighted by Crippen LogP contribution is -2.47. The zero-order chi connectivity index (χ0) is 21.5. The Labute approximate surface area is 168 Å². The molecule has 0 spiro atoms. The fourth-order valence-corrected chi connectivity index (χ4v) is 3.66. The maximum Gasteiger partial charge on any atom is 0.407 e. The van der Waals surface area contributed by atoms with Crippen LogP contribution >= 0.6 is 0 Å². The number of carbonyl (C=O) groups excluding carboxylic acids is 3. The van der Waals surface area contributed by atoms with Gasteiger partial charge in [-0.25, -0.2) is 4.79 Å². The minimum atomic E-state index is -0.580. The lowest BCUT2D eigenvalue weighted by Gasteiger charge is -2.32. The van der Waals surface area contributed by atoms with Crippen LogP contribution in [0.4, 0.5) is 4.79 Å². The Bertz CT molecular complexity index is 546. The molecule has 0 aromatic rings. The summed E-state index contributed by atoms with van der Waals surface area (Å²) < 4.78 is 10.3. The summed E-state index contributed by atoms with van der Waals surface area (Å²) in [5, 5.41) is 5.76. The molecule has 28 heavy (non-hydrogen) atoms. The quantitative estimate of drug-likeness (QED) is 0.607. The van der Waals surface area contributed by atoms with Gasteiger partial charge in [-0.1, -0.05) is 13.3 Å². The molecule has 0 aliphatic carbocycles. The third-order valence-electron chi connectivity index (χ3n) is 4.86. The number of hydrogen-bond acceptors (Lipinski definition) is 6. The van der Waals surface area contributed by atoms with Crippen LogP contribution in [0.25, 0.3) is 0 Å². The SMILES string of the molecule is CCCC(CN1C[C@H](NC(=O)OC)C[C@@H]1C(=O)OC(C)(C)C)C(C)NC(C)=O. The number of nitrogens with zero attached hydrogens (tertiary/aromatic N) is 1. The molecule has 2 amide bonds. The van der Waals surface area contributed by atoms with Gasteiger partial charge in [-0.2, -0.15) is 0 Å². The van der Waals surface area contributed by atoms with Crippen LogP contribution < -0.4 is 10.6 Å². The molecular formula is C20H37N3O5. The molecule has 2 unspecified atom stereocenters. The van der Waals surface area contributed by atoms with E-state index in [0.717, 1.165) is 12.8 Å². The highest BCUT2D eigenvalue weighted by Gasteiger charge is 2.41. The van der Waals surface area contributed by atoms with Crippen LogP contribution in [0.15, 0.2) is 0 Å². The van der Waals surface area contributed by atoms with Crippen LogP contribution in [0.2, 0.25) is 0 Å². The van der Waals surface area contributed by atoms with E-state index in [9.17, 15) is 14.4 Å². The first kappa shape index (κ1) is 24.2. The second-order valence-electron chi connectivity index (χ2n) is 8.61. The molecule has 2 N–H and O–H groups in total. The fourth-order valence-electron chi connectivity index (χ4n) is 3.66. The summed E-state index contributed by atoms with van der Waals surface area (Å²) in [5.41, 5.74) is -0.580. The van der Waals surface area contributed by atoms with Crippen molar-refractivity contribution >= 4 is 18.0 Å². The lowest BCUT2D eigenvalue weighted by atomic mass is 9.95. The van der Waals surface area contributed by atoms with E-state index in [1.54, 1.807) is 0 Å². The van der Waals surface area contributed by atoms with Gasteiger partial charge in [-0.3, -0.25) is 14.5 Å². The first-order valence-corrected chi connectivity index (χ1v) is 10.0. The van der Waals surface area contributed by atoms with E-state index in [2.05, 4.69) is 22.5 Å². The van der Waals surface area contributed by atoms with Crippen molar-refractivity contribution in [2.75, 3.05) is 20.2 Å². The third-order valence-corrected chi connectivity index (χ3v) is 4.86. The highest BCUT2D eigenvalue weighted by atomic mass is 16.6. The molecule has 0 bridgehead atoms. The summed E-state index contributed by atoms with van der Waals surface area (Å²) in [6.45, 7) is 12.3. The first-order valence-electron chi connectivity index (χ1n) is 10.0. The van der Waals surface area contributed by atoms with Gasteiger partial charge in [-0.15, -0.1) is 0 Å². The molecule has 8 heteroatoms. The maximum atomic E-state index is 12.8. The van der Waals surface area contributed by atoms with Crippen molar-refractivity contribution in [3.8, 4) is 0 Å². The maximum absolute atomic E-state index is 12.8. The average molecular weight is 400 g/mol. The largest absolute Gasteiger partial charge is 0.459 e. The van der Waals surface area contributed by atoms with Crippen LogP contribution in [0.5, 0.6) is 0 Å². The van der Waals surface area contributed by atoms with Gasteiger partial charge in [0.05, 0.1) is 7.11 Å². The van der Waals surface area contributed by atoms with Crippen molar-refractivity contribution in [3.05, 3.63) is 0 Å². The number of likely N-dealkylation sites (tertiary alicyclic amines) is 1. The molecular weight excluding hydrogens is 362 g/mol. The van der Waals surface area contributed by atoms with Crippen LogP contribution in [-0.2, 0) is 19.1 Å². The minimum absolute atomic E-state index is 0.00986. The number of rotatable bonds is 8. The molecule has 0 aromatic heterocycles. The molecule has 1 fully saturated rings. The van der Waals surface area contributed by atoms with Crippen LogP contribution in [0, 0.1) is 5.92 Å². The molecule has 1 heterocycles. The Morgan fingerprint density at radius 2 is 1.89 bits per heavy atom. The summed E-state index contributed by atoms with van der Waals surface area (Å²) >= 11 is 0. The van der Waals surface area contributed by atoms with Crippen molar-refractivity contribution in [3.63, 3.8) is 0 Å². The summed E-state index contributed by atoms with van der Waals surface area (Å²) in [4.78, 5) is 37.9. The molecule has 0 saturated carbocycles. The van der Waals surface area contributed by atoms with E-state index >= 15 is 0 Å². The normalized spacial score (nSPS) is 22.2. The van der Waals surface area contributed by atoms with E-state index in [4.69, 9.17) is 9.47 Å². The zero-order valence-electron chi connectivity index (χ0n) is 18.3. The number of esters is 1. The first-order chi connectivity index (χ1) is 13.0. The van der Waals surface area contributed by atoms with Gasteiger partial charge in [0, 0.05) is 32.1 Å². The van der Waals surface area contributed by atoms with Gasteiger partial charge in [0.25, 0.3) is 0 Å². The van der Waals surface area contributed by atoms with Crippen LogP contribution in [0.3, 0.4) is 0 Å². The van der Waals surface area contributed by atoms with Crippen molar-refractivity contribution in [1.82, 2.24) is 15.5 Å². The van der Waals surface area contributed by atoms with E-state index in [1.807, 2.05) is 27.7 Å². The number of ether oxygens (including phenoxy) is 2. The van der Waals surface area contributed by atoms with Gasteiger partial charge in [0.1, 0.15) is 11.6 Å². The number of methoxy groups -OCH3 is 1. The summed E-state index contributed by atoms with van der Waals surface area (Å²) in [6, 6.07) is -0.641. The predicted molar refractivity (Wildman–Crippen MR) is 107 cm³/mol. The minimum Gasteiger partial charge on any atom is -0.459 e. The molecule has 162 valence electrons. The van der Waals surface area contributed by atoms with Gasteiger partial charge < -0.3 is 20.1 Å². The second-order valence-corrected chi connectivity index (χ2v) is 8.61. The van der Waals surface area contributed by atoms with Gasteiger partial charge in [0.15, 0.2) is 0 Å². The number of amides is 2. The van der Waals surface area contributed by atoms with Gasteiger partial charge in [-0.05, 0) is 46.5 Å². The Morgan fingerprint density at radius 1 is 1.25 bits per heavy atom. The monoisotopic (exact) mass is 399 g/mol. The number of hydrogen-bond donors (Lipinski definition) is 2. The van der Waals surface area contributed by atoms with E-state index in [0.29, 0.717) is 19.5 Å². The zero-order valence-corrected chi connectivity index (χ0v) is 18.3. The number of nitrogens with one attached hydrogen (secondary N) is 2. The molecule has 1 saturated heterocycles. The lowest BCUT2D eigenvalue weighted by molar-refractivity contribution is -0.160. The molecule has 8 nitrogen and oxygen atoms in total.